The first kappa shape index (κ1) is 16.4. The first-order chi connectivity index (χ1) is 8.03. The summed E-state index contributed by atoms with van der Waals surface area (Å²) < 4.78 is -0.352. The zero-order valence-corrected chi connectivity index (χ0v) is 14.3. The highest BCUT2D eigenvalue weighted by Crippen LogP contribution is 2.64. The minimum Gasteiger partial charge on any atom is -0.368 e. The Balaban J connectivity index is 3.09. The summed E-state index contributed by atoms with van der Waals surface area (Å²) in [5, 5.41) is 9.28. The Morgan fingerprint density at radius 1 is 1.56 bits per heavy atom. The minimum absolute atomic E-state index is 0.352. The van der Waals surface area contributed by atoms with Crippen LogP contribution >= 0.6 is 16.6 Å². The van der Waals surface area contributed by atoms with Gasteiger partial charge in [-0.15, -0.1) is 11.4 Å². The molecule has 0 aromatic carbocycles. The van der Waals surface area contributed by atoms with Gasteiger partial charge in [0.05, 0.1) is 4.75 Å². The van der Waals surface area contributed by atoms with Gasteiger partial charge in [-0.2, -0.15) is 0 Å². The van der Waals surface area contributed by atoms with Crippen LogP contribution < -0.4 is 0 Å². The SMILES string of the molecule is C=N[C@]1(O)CCC(C(=C)C)CC1(C)SP(C)(C)=S. The van der Waals surface area contributed by atoms with E-state index in [1.807, 2.05) is 0 Å². The Labute approximate surface area is 120 Å². The van der Waals surface area contributed by atoms with Crippen molar-refractivity contribution in [1.29, 1.82) is 0 Å². The third-order valence-corrected chi connectivity index (χ3v) is 8.24. The van der Waals surface area contributed by atoms with Crippen LogP contribution in [0.25, 0.3) is 0 Å². The van der Waals surface area contributed by atoms with Crippen LogP contribution in [0.1, 0.15) is 33.1 Å². The number of rotatable bonds is 4. The van der Waals surface area contributed by atoms with E-state index in [9.17, 15) is 5.11 Å². The standard InChI is InChI=1S/C13H24NOPS2/c1-10(2)11-7-8-13(15,14-4)12(3,9-11)18-16(5,6)17/h11,15H,1,4,7-9H2,2-3,5-6H3/t11?,12?,13-/m0/s1. The topological polar surface area (TPSA) is 32.6 Å². The molecule has 2 unspecified atom stereocenters. The van der Waals surface area contributed by atoms with E-state index in [1.165, 1.54) is 5.57 Å². The van der Waals surface area contributed by atoms with Crippen molar-refractivity contribution >= 4 is 35.1 Å². The average Bonchev–Trinajstić information content (AvgIpc) is 2.19. The Kier molecular flexibility index (Phi) is 4.92. The van der Waals surface area contributed by atoms with E-state index >= 15 is 0 Å². The van der Waals surface area contributed by atoms with E-state index in [4.69, 9.17) is 11.8 Å². The van der Waals surface area contributed by atoms with Crippen molar-refractivity contribution in [3.05, 3.63) is 12.2 Å². The minimum atomic E-state index is -1.48. The molecule has 1 N–H and O–H groups in total. The average molecular weight is 305 g/mol. The zero-order chi connectivity index (χ0) is 14.2. The Morgan fingerprint density at radius 3 is 2.50 bits per heavy atom. The van der Waals surface area contributed by atoms with Crippen LogP contribution in [0.3, 0.4) is 0 Å². The van der Waals surface area contributed by atoms with Gasteiger partial charge in [-0.1, -0.05) is 24.0 Å². The van der Waals surface area contributed by atoms with Crippen molar-refractivity contribution < 1.29 is 5.11 Å². The third kappa shape index (κ3) is 3.47. The van der Waals surface area contributed by atoms with Crippen molar-refractivity contribution in [3.8, 4) is 0 Å². The van der Waals surface area contributed by atoms with Gasteiger partial charge in [-0.3, -0.25) is 4.99 Å². The Hall–Kier alpha value is 0.370. The molecule has 1 aliphatic carbocycles. The summed E-state index contributed by atoms with van der Waals surface area (Å²) in [6.07, 6.45) is 2.45. The maximum absolute atomic E-state index is 10.8. The molecule has 0 bridgehead atoms. The molecule has 0 aromatic heterocycles. The highest BCUT2D eigenvalue weighted by Gasteiger charge is 2.52. The fourth-order valence-corrected chi connectivity index (χ4v) is 9.25. The normalized spacial score (nSPS) is 37.3. The maximum atomic E-state index is 10.8. The lowest BCUT2D eigenvalue weighted by Crippen LogP contribution is -2.52. The molecule has 1 fully saturated rings. The van der Waals surface area contributed by atoms with E-state index in [-0.39, 0.29) is 4.75 Å². The lowest BCUT2D eigenvalue weighted by molar-refractivity contribution is -0.0236. The van der Waals surface area contributed by atoms with Crippen molar-refractivity contribution in [2.45, 2.75) is 43.6 Å². The first-order valence-corrected chi connectivity index (χ1v) is 11.3. The second-order valence-electron chi connectivity index (χ2n) is 5.83. The van der Waals surface area contributed by atoms with Gasteiger partial charge in [0.1, 0.15) is 0 Å². The quantitative estimate of drug-likeness (QED) is 0.486. The molecule has 1 aliphatic rings. The summed E-state index contributed by atoms with van der Waals surface area (Å²) in [6, 6.07) is 0. The molecular formula is C13H24NOPS2. The lowest BCUT2D eigenvalue weighted by Gasteiger charge is -2.49. The van der Waals surface area contributed by atoms with E-state index in [0.29, 0.717) is 12.3 Å². The van der Waals surface area contributed by atoms with Crippen molar-refractivity contribution in [2.24, 2.45) is 10.9 Å². The second kappa shape index (κ2) is 5.40. The molecule has 104 valence electrons. The predicted molar refractivity (Wildman–Crippen MR) is 88.8 cm³/mol. The van der Waals surface area contributed by atoms with Crippen molar-refractivity contribution in [1.82, 2.24) is 0 Å². The molecule has 18 heavy (non-hydrogen) atoms. The van der Waals surface area contributed by atoms with Gasteiger partial charge in [0.2, 0.25) is 0 Å². The Morgan fingerprint density at radius 2 is 2.11 bits per heavy atom. The second-order valence-corrected chi connectivity index (χ2v) is 16.1. The van der Waals surface area contributed by atoms with Gasteiger partial charge in [-0.25, -0.2) is 0 Å². The van der Waals surface area contributed by atoms with Crippen LogP contribution in [0.2, 0.25) is 0 Å². The number of hydrogen-bond donors (Lipinski definition) is 1. The summed E-state index contributed by atoms with van der Waals surface area (Å²) >= 11 is 7.30. The Bertz CT molecular complexity index is 406. The molecule has 0 radical (unpaired) electrons. The summed E-state index contributed by atoms with van der Waals surface area (Å²) in [6.45, 7) is 16.0. The molecule has 0 aliphatic heterocycles. The molecule has 0 spiro atoms. The maximum Gasteiger partial charge on any atom is 0.169 e. The fraction of sp³-hybridized carbons (Fsp3) is 0.769. The molecule has 1 rings (SSSR count). The summed E-state index contributed by atoms with van der Waals surface area (Å²) in [5.41, 5.74) is 0.133. The highest BCUT2D eigenvalue weighted by molar-refractivity contribution is 8.71. The van der Waals surface area contributed by atoms with Crippen LogP contribution in [0.4, 0.5) is 0 Å². The molecule has 0 saturated heterocycles. The van der Waals surface area contributed by atoms with Gasteiger partial charge in [-0.05, 0) is 59.1 Å². The van der Waals surface area contributed by atoms with Crippen molar-refractivity contribution in [3.63, 3.8) is 0 Å². The highest BCUT2D eigenvalue weighted by atomic mass is 32.9. The first-order valence-electron chi connectivity index (χ1n) is 6.14. The number of hydrogen-bond acceptors (Lipinski definition) is 4. The van der Waals surface area contributed by atoms with Gasteiger partial charge in [0.15, 0.2) is 5.72 Å². The van der Waals surface area contributed by atoms with Crippen LogP contribution in [-0.2, 0) is 11.8 Å². The van der Waals surface area contributed by atoms with E-state index in [2.05, 4.69) is 45.5 Å². The molecule has 1 saturated carbocycles. The monoisotopic (exact) mass is 305 g/mol. The van der Waals surface area contributed by atoms with E-state index < -0.39 is 11.0 Å². The van der Waals surface area contributed by atoms with Crippen LogP contribution in [0, 0.1) is 5.92 Å². The lowest BCUT2D eigenvalue weighted by atomic mass is 9.73. The summed E-state index contributed by atoms with van der Waals surface area (Å²) in [5.74, 6) is 0.450. The van der Waals surface area contributed by atoms with Gasteiger partial charge < -0.3 is 5.11 Å². The molecule has 3 atom stereocenters. The number of aliphatic hydroxyl groups is 1. The van der Waals surface area contributed by atoms with Crippen LogP contribution in [0.5, 0.6) is 0 Å². The summed E-state index contributed by atoms with van der Waals surface area (Å²) in [7, 11) is 0. The molecule has 5 heteroatoms. The molecule has 0 heterocycles. The third-order valence-electron chi connectivity index (χ3n) is 3.70. The molecule has 0 amide bonds. The predicted octanol–water partition coefficient (Wildman–Crippen LogP) is 3.90. The molecule has 0 aromatic rings. The van der Waals surface area contributed by atoms with Crippen LogP contribution in [0.15, 0.2) is 17.1 Å². The number of allylic oxidation sites excluding steroid dienone is 1. The smallest absolute Gasteiger partial charge is 0.169 e. The van der Waals surface area contributed by atoms with E-state index in [0.717, 1.165) is 12.8 Å². The van der Waals surface area contributed by atoms with Crippen LogP contribution in [-0.4, -0.2) is 35.6 Å². The number of nitrogens with zero attached hydrogens (tertiary/aromatic N) is 1. The number of aliphatic imine (C=N–C) groups is 1. The van der Waals surface area contributed by atoms with Gasteiger partial charge in [0, 0.05) is 5.24 Å². The molecule has 2 nitrogen and oxygen atoms in total. The van der Waals surface area contributed by atoms with Crippen molar-refractivity contribution in [2.75, 3.05) is 13.3 Å². The summed E-state index contributed by atoms with van der Waals surface area (Å²) in [4.78, 5) is 4.04. The van der Waals surface area contributed by atoms with Gasteiger partial charge in [0.25, 0.3) is 0 Å². The van der Waals surface area contributed by atoms with Gasteiger partial charge >= 0.3 is 0 Å². The van der Waals surface area contributed by atoms with E-state index in [1.54, 1.807) is 11.4 Å². The fourth-order valence-electron chi connectivity index (χ4n) is 2.64. The zero-order valence-electron chi connectivity index (χ0n) is 11.8. The molecular weight excluding hydrogens is 281 g/mol. The largest absolute Gasteiger partial charge is 0.368 e.